The van der Waals surface area contributed by atoms with E-state index in [1.165, 1.54) is 0 Å². The second-order valence-electron chi connectivity index (χ2n) is 8.41. The molecule has 0 saturated heterocycles. The van der Waals surface area contributed by atoms with Crippen molar-refractivity contribution >= 4 is 29.0 Å². The number of carbonyl (C=O) groups is 3. The Balaban J connectivity index is 1.65. The lowest BCUT2D eigenvalue weighted by Crippen LogP contribution is -2.40. The predicted molar refractivity (Wildman–Crippen MR) is 134 cm³/mol. The van der Waals surface area contributed by atoms with Gasteiger partial charge in [-0.15, -0.1) is 0 Å². The van der Waals surface area contributed by atoms with Crippen molar-refractivity contribution in [2.75, 3.05) is 0 Å². The van der Waals surface area contributed by atoms with Gasteiger partial charge >= 0.3 is 0 Å². The number of fused-ring (bicyclic) bond motifs is 1. The normalized spacial score (nSPS) is 17.2. The van der Waals surface area contributed by atoms with Gasteiger partial charge in [-0.05, 0) is 30.3 Å². The van der Waals surface area contributed by atoms with Crippen molar-refractivity contribution < 1.29 is 19.1 Å². The molecule has 0 spiro atoms. The summed E-state index contributed by atoms with van der Waals surface area (Å²) in [7, 11) is 0. The van der Waals surface area contributed by atoms with Crippen LogP contribution in [0.25, 0.3) is 0 Å². The summed E-state index contributed by atoms with van der Waals surface area (Å²) in [4.78, 5) is 41.5. The van der Waals surface area contributed by atoms with Crippen molar-refractivity contribution in [3.8, 4) is 5.75 Å². The topological polar surface area (TPSA) is 60.4 Å². The number of ketones is 3. The number of para-hydroxylation sites is 1. The molecule has 0 aromatic heterocycles. The molecule has 4 aromatic rings. The van der Waals surface area contributed by atoms with Crippen molar-refractivity contribution in [1.82, 2.24) is 0 Å². The fourth-order valence-electron chi connectivity index (χ4n) is 4.59. The van der Waals surface area contributed by atoms with Crippen LogP contribution >= 0.6 is 11.6 Å². The van der Waals surface area contributed by atoms with Crippen molar-refractivity contribution in [2.24, 2.45) is 5.92 Å². The van der Waals surface area contributed by atoms with Gasteiger partial charge in [-0.1, -0.05) is 90.5 Å². The molecule has 1 aliphatic heterocycles. The Hall–Kier alpha value is -4.02. The second-order valence-corrected chi connectivity index (χ2v) is 8.85. The molecule has 4 nitrogen and oxygen atoms in total. The third-order valence-electron chi connectivity index (χ3n) is 6.29. The monoisotopic (exact) mass is 480 g/mol. The van der Waals surface area contributed by atoms with Gasteiger partial charge in [-0.3, -0.25) is 14.4 Å². The van der Waals surface area contributed by atoms with Crippen LogP contribution in [0.1, 0.15) is 42.6 Å². The fourth-order valence-corrected chi connectivity index (χ4v) is 4.72. The highest BCUT2D eigenvalue weighted by molar-refractivity contribution is 6.30. The molecule has 0 fully saturated rings. The zero-order valence-corrected chi connectivity index (χ0v) is 19.4. The summed E-state index contributed by atoms with van der Waals surface area (Å²) in [6, 6.07) is 31.1. The maximum atomic E-state index is 13.9. The van der Waals surface area contributed by atoms with Crippen LogP contribution in [0.5, 0.6) is 5.75 Å². The second kappa shape index (κ2) is 9.69. The van der Waals surface area contributed by atoms with Crippen LogP contribution in [0.4, 0.5) is 0 Å². The van der Waals surface area contributed by atoms with E-state index < -0.39 is 17.9 Å². The third-order valence-corrected chi connectivity index (χ3v) is 6.54. The zero-order valence-electron chi connectivity index (χ0n) is 18.6. The van der Waals surface area contributed by atoms with Gasteiger partial charge in [0.25, 0.3) is 0 Å². The first-order valence-corrected chi connectivity index (χ1v) is 11.7. The van der Waals surface area contributed by atoms with Crippen LogP contribution in [0.2, 0.25) is 5.02 Å². The molecule has 0 N–H and O–H groups in total. The molecule has 5 rings (SSSR count). The Morgan fingerprint density at radius 2 is 1.14 bits per heavy atom. The number of hydrogen-bond donors (Lipinski definition) is 0. The van der Waals surface area contributed by atoms with E-state index in [4.69, 9.17) is 16.3 Å². The third kappa shape index (κ3) is 4.41. The highest BCUT2D eigenvalue weighted by Crippen LogP contribution is 2.45. The number of benzene rings is 4. The summed E-state index contributed by atoms with van der Waals surface area (Å²) < 4.78 is 6.13. The summed E-state index contributed by atoms with van der Waals surface area (Å²) in [5.41, 5.74) is 1.87. The van der Waals surface area contributed by atoms with Crippen molar-refractivity contribution in [1.29, 1.82) is 0 Å². The molecule has 35 heavy (non-hydrogen) atoms. The molecular weight excluding hydrogens is 460 g/mol. The molecule has 1 aliphatic rings. The lowest BCUT2D eigenvalue weighted by molar-refractivity contribution is 0.0669. The first-order valence-electron chi connectivity index (χ1n) is 11.3. The number of halogens is 1. The maximum Gasteiger partial charge on any atom is 0.203 e. The van der Waals surface area contributed by atoms with Gasteiger partial charge in [-0.25, -0.2) is 0 Å². The minimum atomic E-state index is -1.17. The molecule has 1 heterocycles. The van der Waals surface area contributed by atoms with Gasteiger partial charge in [0.05, 0.1) is 5.92 Å². The summed E-state index contributed by atoms with van der Waals surface area (Å²) in [5, 5.41) is 0.485. The van der Waals surface area contributed by atoms with Crippen LogP contribution < -0.4 is 4.74 Å². The molecule has 172 valence electrons. The van der Waals surface area contributed by atoms with Gasteiger partial charge in [0.1, 0.15) is 5.75 Å². The van der Waals surface area contributed by atoms with Crippen LogP contribution in [-0.4, -0.2) is 23.5 Å². The SMILES string of the molecule is O=C(c1ccccc1)C1Oc2ccccc2C1C(C(=O)c1ccccc1)C(=O)c1ccc(Cl)cc1. The predicted octanol–water partition coefficient (Wildman–Crippen LogP) is 6.45. The van der Waals surface area contributed by atoms with E-state index in [-0.39, 0.29) is 17.3 Å². The van der Waals surface area contributed by atoms with Crippen LogP contribution in [-0.2, 0) is 0 Å². The molecule has 0 radical (unpaired) electrons. The number of ether oxygens (including phenoxy) is 1. The van der Waals surface area contributed by atoms with Gasteiger partial charge in [0, 0.05) is 33.2 Å². The van der Waals surface area contributed by atoms with E-state index in [9.17, 15) is 14.4 Å². The van der Waals surface area contributed by atoms with Gasteiger partial charge in [0.2, 0.25) is 5.78 Å². The Morgan fingerprint density at radius 1 is 0.629 bits per heavy atom. The Labute approximate surface area is 208 Å². The summed E-state index contributed by atoms with van der Waals surface area (Å²) in [6.45, 7) is 0. The van der Waals surface area contributed by atoms with E-state index in [0.717, 1.165) is 0 Å². The molecule has 0 amide bonds. The molecular formula is C30H21ClO4. The van der Waals surface area contributed by atoms with Crippen molar-refractivity contribution in [3.05, 3.63) is 136 Å². The van der Waals surface area contributed by atoms with Crippen molar-refractivity contribution in [3.63, 3.8) is 0 Å². The largest absolute Gasteiger partial charge is 0.481 e. The highest BCUT2D eigenvalue weighted by Gasteiger charge is 2.49. The first kappa shape index (κ1) is 22.8. The molecule has 0 bridgehead atoms. The first-order chi connectivity index (χ1) is 17.0. The van der Waals surface area contributed by atoms with E-state index in [1.807, 2.05) is 24.3 Å². The standard InChI is InChI=1S/C30H21ClO4/c31-22-17-15-21(16-18-22)28(33)26(27(32)19-9-3-1-4-10-19)25-23-13-7-8-14-24(23)35-30(25)29(34)20-11-5-2-6-12-20/h1-18,25-26,30H. The maximum absolute atomic E-state index is 13.9. The van der Waals surface area contributed by atoms with E-state index in [2.05, 4.69) is 0 Å². The van der Waals surface area contributed by atoms with Crippen LogP contribution in [0.3, 0.4) is 0 Å². The average Bonchev–Trinajstić information content (AvgIpc) is 3.29. The van der Waals surface area contributed by atoms with Crippen molar-refractivity contribution in [2.45, 2.75) is 12.0 Å². The molecule has 3 atom stereocenters. The minimum absolute atomic E-state index is 0.276. The van der Waals surface area contributed by atoms with Crippen LogP contribution in [0, 0.1) is 5.92 Å². The average molecular weight is 481 g/mol. The molecule has 0 saturated carbocycles. The van der Waals surface area contributed by atoms with Crippen LogP contribution in [0.15, 0.2) is 109 Å². The van der Waals surface area contributed by atoms with Gasteiger partial charge in [0.15, 0.2) is 17.7 Å². The number of hydrogen-bond acceptors (Lipinski definition) is 4. The zero-order chi connectivity index (χ0) is 24.4. The summed E-state index contributed by atoms with van der Waals surface area (Å²) in [6.07, 6.45) is -1.02. The smallest absolute Gasteiger partial charge is 0.203 e. The highest BCUT2D eigenvalue weighted by atomic mass is 35.5. The van der Waals surface area contributed by atoms with E-state index in [1.54, 1.807) is 84.9 Å². The Morgan fingerprint density at radius 3 is 1.77 bits per heavy atom. The Bertz CT molecular complexity index is 1380. The minimum Gasteiger partial charge on any atom is -0.481 e. The molecule has 3 unspecified atom stereocenters. The fraction of sp³-hybridized carbons (Fsp3) is 0.100. The van der Waals surface area contributed by atoms with E-state index >= 15 is 0 Å². The summed E-state index contributed by atoms with van der Waals surface area (Å²) >= 11 is 6.04. The Kier molecular flexibility index (Phi) is 6.30. The molecule has 0 aliphatic carbocycles. The van der Waals surface area contributed by atoms with Gasteiger partial charge < -0.3 is 4.74 Å². The molecule has 4 aromatic carbocycles. The quantitative estimate of drug-likeness (QED) is 0.225. The lowest BCUT2D eigenvalue weighted by atomic mass is 9.74. The summed E-state index contributed by atoms with van der Waals surface area (Å²) in [5.74, 6) is -2.48. The number of carbonyl (C=O) groups excluding carboxylic acids is 3. The number of Topliss-reactive ketones (excluding diaryl/α,β-unsaturated/α-hetero) is 3. The molecule has 5 heteroatoms. The van der Waals surface area contributed by atoms with E-state index in [0.29, 0.717) is 33.0 Å². The lowest BCUT2D eigenvalue weighted by Gasteiger charge is -2.26. The number of rotatable bonds is 7. The van der Waals surface area contributed by atoms with Gasteiger partial charge in [-0.2, -0.15) is 0 Å².